The van der Waals surface area contributed by atoms with Crippen LogP contribution < -0.4 is 5.32 Å². The summed E-state index contributed by atoms with van der Waals surface area (Å²) in [5.74, 6) is 0.645. The number of aromatic nitrogens is 2. The van der Waals surface area contributed by atoms with Crippen molar-refractivity contribution in [3.05, 3.63) is 51.3 Å². The summed E-state index contributed by atoms with van der Waals surface area (Å²) in [6, 6.07) is 9.35. The Balaban J connectivity index is 1.93. The van der Waals surface area contributed by atoms with Crippen molar-refractivity contribution in [2.75, 3.05) is 11.9 Å². The molecule has 3 aromatic rings. The number of hydrogen-bond acceptors (Lipinski definition) is 3. The standard InChI is InChI=1S/C16H11BrF3N3S/c17-13-6-5-12(24-13)14-9-7-8-21-15(9)23(22-14)11-4-2-1-3-10(11)16(18,19)20/h1-6,21H,7-8H2. The minimum Gasteiger partial charge on any atom is -0.369 e. The zero-order valence-electron chi connectivity index (χ0n) is 12.2. The van der Waals surface area contributed by atoms with Gasteiger partial charge in [0, 0.05) is 12.1 Å². The molecule has 0 saturated carbocycles. The highest BCUT2D eigenvalue weighted by Gasteiger charge is 2.35. The molecule has 0 saturated heterocycles. The van der Waals surface area contributed by atoms with E-state index in [4.69, 9.17) is 0 Å². The predicted octanol–water partition coefficient (Wildman–Crippen LogP) is 5.35. The van der Waals surface area contributed by atoms with Crippen LogP contribution in [-0.4, -0.2) is 16.3 Å². The van der Waals surface area contributed by atoms with Gasteiger partial charge in [0.25, 0.3) is 0 Å². The lowest BCUT2D eigenvalue weighted by molar-refractivity contribution is -0.137. The van der Waals surface area contributed by atoms with Gasteiger partial charge in [-0.1, -0.05) is 12.1 Å². The molecule has 1 aliphatic heterocycles. The number of fused-ring (bicyclic) bond motifs is 1. The van der Waals surface area contributed by atoms with Gasteiger partial charge >= 0.3 is 6.18 Å². The Kier molecular flexibility index (Phi) is 3.69. The second kappa shape index (κ2) is 5.63. The van der Waals surface area contributed by atoms with Crippen LogP contribution in [0.4, 0.5) is 19.0 Å². The highest BCUT2D eigenvalue weighted by molar-refractivity contribution is 9.11. The number of nitrogens with one attached hydrogen (secondary N) is 1. The molecule has 0 amide bonds. The lowest BCUT2D eigenvalue weighted by Crippen LogP contribution is -2.13. The summed E-state index contributed by atoms with van der Waals surface area (Å²) in [7, 11) is 0. The molecule has 0 spiro atoms. The lowest BCUT2D eigenvalue weighted by Gasteiger charge is -2.14. The Bertz CT molecular complexity index is 914. The van der Waals surface area contributed by atoms with Crippen LogP contribution in [-0.2, 0) is 12.6 Å². The molecule has 0 aliphatic carbocycles. The van der Waals surface area contributed by atoms with E-state index in [1.165, 1.54) is 28.2 Å². The van der Waals surface area contributed by atoms with Gasteiger partial charge in [-0.25, -0.2) is 4.68 Å². The summed E-state index contributed by atoms with van der Waals surface area (Å²) in [4.78, 5) is 0.935. The number of para-hydroxylation sites is 1. The summed E-state index contributed by atoms with van der Waals surface area (Å²) in [6.45, 7) is 0.695. The fourth-order valence-electron chi connectivity index (χ4n) is 2.89. The van der Waals surface area contributed by atoms with Crippen LogP contribution >= 0.6 is 27.3 Å². The molecule has 1 N–H and O–H groups in total. The Morgan fingerprint density at radius 2 is 1.96 bits per heavy atom. The largest absolute Gasteiger partial charge is 0.418 e. The SMILES string of the molecule is FC(F)(F)c1ccccc1-n1nc(-c2ccc(Br)s2)c2c1NCC2. The lowest BCUT2D eigenvalue weighted by atomic mass is 10.1. The van der Waals surface area contributed by atoms with E-state index in [-0.39, 0.29) is 5.69 Å². The van der Waals surface area contributed by atoms with Crippen molar-refractivity contribution in [3.63, 3.8) is 0 Å². The van der Waals surface area contributed by atoms with Crippen molar-refractivity contribution in [2.24, 2.45) is 0 Å². The molecule has 4 rings (SSSR count). The van der Waals surface area contributed by atoms with Gasteiger partial charge < -0.3 is 5.32 Å². The number of hydrogen-bond donors (Lipinski definition) is 1. The van der Waals surface area contributed by atoms with Gasteiger partial charge in [-0.2, -0.15) is 18.3 Å². The quantitative estimate of drug-likeness (QED) is 0.613. The summed E-state index contributed by atoms with van der Waals surface area (Å²) in [6.07, 6.45) is -3.69. The van der Waals surface area contributed by atoms with Crippen molar-refractivity contribution in [2.45, 2.75) is 12.6 Å². The van der Waals surface area contributed by atoms with E-state index in [1.807, 2.05) is 12.1 Å². The zero-order chi connectivity index (χ0) is 16.9. The maximum absolute atomic E-state index is 13.4. The molecule has 8 heteroatoms. The minimum absolute atomic E-state index is 0.0394. The number of benzene rings is 1. The first-order valence-electron chi connectivity index (χ1n) is 7.23. The van der Waals surface area contributed by atoms with Gasteiger partial charge in [0.2, 0.25) is 0 Å². The predicted molar refractivity (Wildman–Crippen MR) is 91.8 cm³/mol. The van der Waals surface area contributed by atoms with E-state index >= 15 is 0 Å². The van der Waals surface area contributed by atoms with Crippen molar-refractivity contribution >= 4 is 33.1 Å². The third-order valence-corrected chi connectivity index (χ3v) is 5.53. The molecule has 1 aromatic carbocycles. The number of nitrogens with zero attached hydrogens (tertiary/aromatic N) is 2. The van der Waals surface area contributed by atoms with E-state index in [0.29, 0.717) is 12.4 Å². The van der Waals surface area contributed by atoms with Gasteiger partial charge in [0.05, 0.1) is 19.9 Å². The Morgan fingerprint density at radius 1 is 1.17 bits per heavy atom. The van der Waals surface area contributed by atoms with Crippen molar-refractivity contribution in [3.8, 4) is 16.3 Å². The normalized spacial score (nSPS) is 13.8. The van der Waals surface area contributed by atoms with Crippen LogP contribution in [0.3, 0.4) is 0 Å². The second-order valence-electron chi connectivity index (χ2n) is 5.38. The maximum atomic E-state index is 13.4. The van der Waals surface area contributed by atoms with E-state index in [2.05, 4.69) is 26.3 Å². The fourth-order valence-corrected chi connectivity index (χ4v) is 4.28. The number of halogens is 4. The number of alkyl halides is 3. The Morgan fingerprint density at radius 3 is 2.67 bits per heavy atom. The molecular formula is C16H11BrF3N3S. The van der Waals surface area contributed by atoms with Crippen molar-refractivity contribution in [1.82, 2.24) is 9.78 Å². The average molecular weight is 414 g/mol. The van der Waals surface area contributed by atoms with E-state index < -0.39 is 11.7 Å². The molecule has 0 radical (unpaired) electrons. The maximum Gasteiger partial charge on any atom is 0.418 e. The number of thiophene rings is 1. The number of rotatable bonds is 2. The van der Waals surface area contributed by atoms with Crippen LogP contribution in [0, 0.1) is 0 Å². The molecule has 0 bridgehead atoms. The van der Waals surface area contributed by atoms with Crippen LogP contribution in [0.1, 0.15) is 11.1 Å². The van der Waals surface area contributed by atoms with Crippen LogP contribution in [0.2, 0.25) is 0 Å². The van der Waals surface area contributed by atoms with E-state index in [1.54, 1.807) is 6.07 Å². The van der Waals surface area contributed by atoms with Crippen molar-refractivity contribution in [1.29, 1.82) is 0 Å². The highest BCUT2D eigenvalue weighted by Crippen LogP contribution is 2.41. The van der Waals surface area contributed by atoms with Gasteiger partial charge in [-0.3, -0.25) is 0 Å². The van der Waals surface area contributed by atoms with Crippen molar-refractivity contribution < 1.29 is 13.2 Å². The minimum atomic E-state index is -4.43. The molecule has 24 heavy (non-hydrogen) atoms. The van der Waals surface area contributed by atoms with Crippen LogP contribution in [0.15, 0.2) is 40.2 Å². The Labute approximate surface area is 148 Å². The molecular weight excluding hydrogens is 403 g/mol. The second-order valence-corrected chi connectivity index (χ2v) is 7.85. The highest BCUT2D eigenvalue weighted by atomic mass is 79.9. The molecule has 2 aromatic heterocycles. The van der Waals surface area contributed by atoms with Crippen LogP contribution in [0.25, 0.3) is 16.3 Å². The monoisotopic (exact) mass is 413 g/mol. The molecule has 0 fully saturated rings. The van der Waals surface area contributed by atoms with Gasteiger partial charge in [-0.15, -0.1) is 11.3 Å². The van der Waals surface area contributed by atoms with Gasteiger partial charge in [0.15, 0.2) is 0 Å². The first kappa shape index (κ1) is 15.7. The summed E-state index contributed by atoms with van der Waals surface area (Å²) in [5, 5.41) is 7.67. The molecule has 3 nitrogen and oxygen atoms in total. The molecule has 0 atom stereocenters. The zero-order valence-corrected chi connectivity index (χ0v) is 14.6. The molecule has 0 unspecified atom stereocenters. The van der Waals surface area contributed by atoms with E-state index in [9.17, 15) is 13.2 Å². The number of anilines is 1. The summed E-state index contributed by atoms with van der Waals surface area (Å²) >= 11 is 4.93. The Hall–Kier alpha value is -1.80. The topological polar surface area (TPSA) is 29.9 Å². The molecule has 124 valence electrons. The fraction of sp³-hybridized carbons (Fsp3) is 0.188. The first-order chi connectivity index (χ1) is 11.4. The smallest absolute Gasteiger partial charge is 0.369 e. The third-order valence-electron chi connectivity index (χ3n) is 3.90. The molecule has 1 aliphatic rings. The average Bonchev–Trinajstić information content (AvgIpc) is 3.22. The van der Waals surface area contributed by atoms with Gasteiger partial charge in [0.1, 0.15) is 11.5 Å². The first-order valence-corrected chi connectivity index (χ1v) is 8.84. The van der Waals surface area contributed by atoms with E-state index in [0.717, 1.165) is 32.4 Å². The molecule has 3 heterocycles. The summed E-state index contributed by atoms with van der Waals surface area (Å²) < 4.78 is 42.4. The van der Waals surface area contributed by atoms with Crippen LogP contribution in [0.5, 0.6) is 0 Å². The van der Waals surface area contributed by atoms with Gasteiger partial charge in [-0.05, 0) is 46.6 Å². The third kappa shape index (κ3) is 2.53. The summed E-state index contributed by atoms with van der Waals surface area (Å²) in [5.41, 5.74) is 1.05.